The number of nitrogens with zero attached hydrogens (tertiary/aromatic N) is 5. The van der Waals surface area contributed by atoms with E-state index in [4.69, 9.17) is 0 Å². The van der Waals surface area contributed by atoms with E-state index in [1.165, 1.54) is 0 Å². The van der Waals surface area contributed by atoms with E-state index in [-0.39, 0.29) is 10.9 Å². The highest BCUT2D eigenvalue weighted by Gasteiger charge is 2.24. The summed E-state index contributed by atoms with van der Waals surface area (Å²) in [6.07, 6.45) is 9.19. The second-order valence-electron chi connectivity index (χ2n) is 8.91. The molecule has 2 heterocycles. The lowest BCUT2D eigenvalue weighted by atomic mass is 10.1. The quantitative estimate of drug-likeness (QED) is 0.473. The summed E-state index contributed by atoms with van der Waals surface area (Å²) >= 11 is 0. The van der Waals surface area contributed by atoms with Crippen LogP contribution in [0.2, 0.25) is 0 Å². The van der Waals surface area contributed by atoms with Gasteiger partial charge in [0, 0.05) is 44.5 Å². The van der Waals surface area contributed by atoms with Crippen LogP contribution in [-0.2, 0) is 36.5 Å². The second kappa shape index (κ2) is 11.1. The van der Waals surface area contributed by atoms with Crippen LogP contribution in [0.25, 0.3) is 0 Å². The minimum Gasteiger partial charge on any atom is -0.318 e. The van der Waals surface area contributed by atoms with Crippen molar-refractivity contribution in [2.45, 2.75) is 91.1 Å². The van der Waals surface area contributed by atoms with Gasteiger partial charge in [0.1, 0.15) is 0 Å². The lowest BCUT2D eigenvalue weighted by Crippen LogP contribution is -2.31. The summed E-state index contributed by atoms with van der Waals surface area (Å²) in [4.78, 5) is 6.72. The zero-order chi connectivity index (χ0) is 22.3. The van der Waals surface area contributed by atoms with E-state index in [0.717, 1.165) is 37.1 Å². The van der Waals surface area contributed by atoms with Crippen LogP contribution in [-0.4, -0.2) is 44.4 Å². The van der Waals surface area contributed by atoms with Crippen molar-refractivity contribution >= 4 is 9.84 Å². The highest BCUT2D eigenvalue weighted by atomic mass is 32.2. The number of hydrogen-bond acceptors (Lipinski definition) is 5. The molecule has 0 aliphatic rings. The second-order valence-corrected chi connectivity index (χ2v) is 10.9. The van der Waals surface area contributed by atoms with Gasteiger partial charge < -0.3 is 4.57 Å². The number of aryl methyl sites for hydroxylation is 1. The zero-order valence-electron chi connectivity index (χ0n) is 19.5. The molecular weight excluding hydrogens is 398 g/mol. The maximum Gasteiger partial charge on any atom is 0.227 e. The number of unbranched alkanes of at least 4 members (excludes halogenated alkanes) is 1. The third kappa shape index (κ3) is 6.94. The molecule has 0 saturated carbocycles. The van der Waals surface area contributed by atoms with Gasteiger partial charge in [0.05, 0.1) is 23.8 Å². The average Bonchev–Trinajstić information content (AvgIpc) is 3.25. The summed E-state index contributed by atoms with van der Waals surface area (Å²) < 4.78 is 29.8. The predicted octanol–water partition coefficient (Wildman–Crippen LogP) is 4.04. The monoisotopic (exact) mass is 437 g/mol. The molecule has 0 amide bonds. The fourth-order valence-electron chi connectivity index (χ4n) is 3.51. The molecule has 0 unspecified atom stereocenters. The molecule has 0 saturated heterocycles. The Bertz CT molecular complexity index is 883. The topological polar surface area (TPSA) is 73.0 Å². The fourth-order valence-corrected chi connectivity index (χ4v) is 5.00. The molecule has 0 bridgehead atoms. The Hall–Kier alpha value is -1.67. The average molecular weight is 438 g/mol. The van der Waals surface area contributed by atoms with Crippen molar-refractivity contribution in [3.63, 3.8) is 0 Å². The fraction of sp³-hybridized carbons (Fsp3) is 0.727. The Labute approximate surface area is 182 Å². The van der Waals surface area contributed by atoms with Crippen LogP contribution in [0.1, 0.15) is 71.6 Å². The summed E-state index contributed by atoms with van der Waals surface area (Å²) in [7, 11) is -1.47. The third-order valence-electron chi connectivity index (χ3n) is 5.35. The van der Waals surface area contributed by atoms with Crippen LogP contribution < -0.4 is 0 Å². The molecule has 0 aliphatic carbocycles. The van der Waals surface area contributed by atoms with Gasteiger partial charge in [-0.1, -0.05) is 27.2 Å². The van der Waals surface area contributed by atoms with Crippen LogP contribution in [0, 0.1) is 5.92 Å². The van der Waals surface area contributed by atoms with E-state index in [0.29, 0.717) is 31.5 Å². The summed E-state index contributed by atoms with van der Waals surface area (Å²) in [5.41, 5.74) is 2.11. The molecule has 2 aromatic heterocycles. The molecule has 7 nitrogen and oxygen atoms in total. The molecule has 0 aromatic carbocycles. The lowest BCUT2D eigenvalue weighted by molar-refractivity contribution is 0.197. The maximum atomic E-state index is 13.0. The Morgan fingerprint density at radius 1 is 1.10 bits per heavy atom. The molecule has 0 spiro atoms. The zero-order valence-corrected chi connectivity index (χ0v) is 20.3. The molecule has 8 heteroatoms. The van der Waals surface area contributed by atoms with Crippen molar-refractivity contribution < 1.29 is 8.42 Å². The molecule has 0 N–H and O–H groups in total. The summed E-state index contributed by atoms with van der Waals surface area (Å²) in [5.74, 6) is 0.667. The van der Waals surface area contributed by atoms with Gasteiger partial charge in [0.2, 0.25) is 15.0 Å². The highest BCUT2D eigenvalue weighted by molar-refractivity contribution is 7.91. The van der Waals surface area contributed by atoms with Crippen molar-refractivity contribution in [2.75, 3.05) is 5.75 Å². The smallest absolute Gasteiger partial charge is 0.227 e. The van der Waals surface area contributed by atoms with Gasteiger partial charge in [-0.25, -0.2) is 13.4 Å². The SMILES string of the molecule is CCCCn1c(CN(Cc2cnn(C)c2)C(C)C)cnc1S(=O)(=O)CCCC(C)C. The van der Waals surface area contributed by atoms with Crippen molar-refractivity contribution in [3.8, 4) is 0 Å². The summed E-state index contributed by atoms with van der Waals surface area (Å²) in [6, 6.07) is 0.311. The molecule has 0 fully saturated rings. The van der Waals surface area contributed by atoms with Crippen molar-refractivity contribution in [1.29, 1.82) is 0 Å². The first-order chi connectivity index (χ1) is 14.1. The van der Waals surface area contributed by atoms with E-state index in [1.807, 2.05) is 24.0 Å². The van der Waals surface area contributed by atoms with Crippen LogP contribution in [0.5, 0.6) is 0 Å². The van der Waals surface area contributed by atoms with Gasteiger partial charge in [-0.3, -0.25) is 9.58 Å². The Morgan fingerprint density at radius 3 is 2.40 bits per heavy atom. The minimum absolute atomic E-state index is 0.164. The molecule has 30 heavy (non-hydrogen) atoms. The number of rotatable bonds is 13. The van der Waals surface area contributed by atoms with Gasteiger partial charge in [0.25, 0.3) is 0 Å². The summed E-state index contributed by atoms with van der Waals surface area (Å²) in [6.45, 7) is 12.8. The van der Waals surface area contributed by atoms with E-state index >= 15 is 0 Å². The molecule has 170 valence electrons. The number of sulfone groups is 1. The van der Waals surface area contributed by atoms with Crippen LogP contribution in [0.15, 0.2) is 23.7 Å². The normalized spacial score (nSPS) is 12.6. The predicted molar refractivity (Wildman–Crippen MR) is 121 cm³/mol. The van der Waals surface area contributed by atoms with Gasteiger partial charge in [-0.15, -0.1) is 0 Å². The minimum atomic E-state index is -3.39. The maximum absolute atomic E-state index is 13.0. The molecule has 2 aromatic rings. The first-order valence-electron chi connectivity index (χ1n) is 11.1. The number of imidazole rings is 1. The Kier molecular flexibility index (Phi) is 9.09. The summed E-state index contributed by atoms with van der Waals surface area (Å²) in [5, 5.41) is 4.50. The van der Waals surface area contributed by atoms with Gasteiger partial charge in [0.15, 0.2) is 0 Å². The number of aromatic nitrogens is 4. The largest absolute Gasteiger partial charge is 0.318 e. The third-order valence-corrected chi connectivity index (χ3v) is 7.06. The molecule has 0 aliphatic heterocycles. The van der Waals surface area contributed by atoms with E-state index < -0.39 is 9.84 Å². The molecule has 0 radical (unpaired) electrons. The highest BCUT2D eigenvalue weighted by Crippen LogP contribution is 2.20. The van der Waals surface area contributed by atoms with Gasteiger partial charge >= 0.3 is 0 Å². The van der Waals surface area contributed by atoms with Crippen LogP contribution in [0.3, 0.4) is 0 Å². The lowest BCUT2D eigenvalue weighted by Gasteiger charge is -2.26. The van der Waals surface area contributed by atoms with Gasteiger partial charge in [-0.2, -0.15) is 5.10 Å². The van der Waals surface area contributed by atoms with Crippen LogP contribution >= 0.6 is 0 Å². The first kappa shape index (κ1) is 24.6. The molecule has 0 atom stereocenters. The first-order valence-corrected chi connectivity index (χ1v) is 12.8. The molecular formula is C22H39N5O2S. The Morgan fingerprint density at radius 2 is 1.83 bits per heavy atom. The van der Waals surface area contributed by atoms with Crippen molar-refractivity contribution in [3.05, 3.63) is 29.8 Å². The van der Waals surface area contributed by atoms with Gasteiger partial charge in [-0.05, 0) is 39.0 Å². The standard InChI is InChI=1S/C22H39N5O2S/c1-7-8-11-27-21(14-23-22(27)30(28,29)12-9-10-18(2)3)17-26(19(4)5)16-20-13-24-25(6)15-20/h13-15,18-19H,7-12,16-17H2,1-6H3. The van der Waals surface area contributed by atoms with E-state index in [1.54, 1.807) is 10.9 Å². The van der Waals surface area contributed by atoms with Crippen LogP contribution in [0.4, 0.5) is 0 Å². The van der Waals surface area contributed by atoms with E-state index in [9.17, 15) is 8.42 Å². The van der Waals surface area contributed by atoms with Crippen molar-refractivity contribution in [1.82, 2.24) is 24.2 Å². The van der Waals surface area contributed by atoms with E-state index in [2.05, 4.69) is 49.6 Å². The number of hydrogen-bond donors (Lipinski definition) is 0. The Balaban J connectivity index is 2.25. The molecule has 2 rings (SSSR count). The van der Waals surface area contributed by atoms with Crippen molar-refractivity contribution in [2.24, 2.45) is 13.0 Å².